The highest BCUT2D eigenvalue weighted by Crippen LogP contribution is 2.22. The van der Waals surface area contributed by atoms with Crippen molar-refractivity contribution in [3.8, 4) is 5.69 Å². The van der Waals surface area contributed by atoms with Crippen molar-refractivity contribution in [3.63, 3.8) is 0 Å². The van der Waals surface area contributed by atoms with Crippen molar-refractivity contribution in [2.45, 2.75) is 4.90 Å². The summed E-state index contributed by atoms with van der Waals surface area (Å²) in [5.74, 6) is -2.37. The Morgan fingerprint density at radius 3 is 2.61 bits per heavy atom. The minimum absolute atomic E-state index is 0.154. The molecule has 0 aliphatic carbocycles. The molecule has 0 aliphatic rings. The van der Waals surface area contributed by atoms with Crippen molar-refractivity contribution in [2.24, 2.45) is 0 Å². The number of sulfonamides is 1. The van der Waals surface area contributed by atoms with Gasteiger partial charge in [-0.25, -0.2) is 21.9 Å². The molecule has 9 heteroatoms. The molecule has 0 aliphatic heterocycles. The van der Waals surface area contributed by atoms with Crippen LogP contribution in [0.15, 0.2) is 60.0 Å². The van der Waals surface area contributed by atoms with Gasteiger partial charge in [-0.15, -0.1) is 0 Å². The molecule has 3 aromatic rings. The second-order valence-electron chi connectivity index (χ2n) is 4.52. The normalized spacial score (nSPS) is 11.4. The van der Waals surface area contributed by atoms with E-state index in [4.69, 9.17) is 0 Å². The van der Waals surface area contributed by atoms with E-state index in [0.717, 1.165) is 12.1 Å². The van der Waals surface area contributed by atoms with Gasteiger partial charge in [-0.3, -0.25) is 9.71 Å². The molecular formula is C14H10F2N4O2S. The predicted molar refractivity (Wildman–Crippen MR) is 78.5 cm³/mol. The predicted octanol–water partition coefficient (Wildman–Crippen LogP) is 2.35. The Labute approximate surface area is 130 Å². The van der Waals surface area contributed by atoms with Gasteiger partial charge in [-0.2, -0.15) is 5.10 Å². The summed E-state index contributed by atoms with van der Waals surface area (Å²) in [7, 11) is -4.10. The van der Waals surface area contributed by atoms with Crippen molar-refractivity contribution in [1.82, 2.24) is 14.8 Å². The highest BCUT2D eigenvalue weighted by molar-refractivity contribution is 7.92. The molecule has 0 spiro atoms. The van der Waals surface area contributed by atoms with Crippen molar-refractivity contribution >= 4 is 15.7 Å². The lowest BCUT2D eigenvalue weighted by molar-refractivity contribution is 0.504. The summed E-state index contributed by atoms with van der Waals surface area (Å²) in [5.41, 5.74) is 0.595. The first-order valence-corrected chi connectivity index (χ1v) is 7.87. The number of aromatic nitrogens is 3. The summed E-state index contributed by atoms with van der Waals surface area (Å²) >= 11 is 0. The van der Waals surface area contributed by atoms with Crippen LogP contribution < -0.4 is 4.72 Å². The second kappa shape index (κ2) is 5.76. The van der Waals surface area contributed by atoms with Gasteiger partial charge < -0.3 is 0 Å². The third kappa shape index (κ3) is 3.04. The minimum atomic E-state index is -4.10. The zero-order chi connectivity index (χ0) is 16.4. The van der Waals surface area contributed by atoms with Gasteiger partial charge in [0, 0.05) is 18.6 Å². The van der Waals surface area contributed by atoms with Gasteiger partial charge in [-0.05, 0) is 30.3 Å². The molecular weight excluding hydrogens is 326 g/mol. The molecule has 0 atom stereocenters. The SMILES string of the molecule is O=S(=O)(Nc1cnccc1-n1cccn1)c1ccc(F)c(F)c1. The van der Waals surface area contributed by atoms with Crippen LogP contribution in [-0.4, -0.2) is 23.2 Å². The van der Waals surface area contributed by atoms with E-state index in [2.05, 4.69) is 14.8 Å². The standard InChI is InChI=1S/C14H10F2N4O2S/c15-11-3-2-10(8-12(11)16)23(21,22)19-13-9-17-6-4-14(13)20-7-1-5-18-20/h1-9,19H. The van der Waals surface area contributed by atoms with Crippen molar-refractivity contribution < 1.29 is 17.2 Å². The van der Waals surface area contributed by atoms with Gasteiger partial charge in [0.2, 0.25) is 0 Å². The van der Waals surface area contributed by atoms with E-state index >= 15 is 0 Å². The van der Waals surface area contributed by atoms with E-state index in [9.17, 15) is 17.2 Å². The molecule has 0 amide bonds. The molecule has 1 N–H and O–H groups in total. The lowest BCUT2D eigenvalue weighted by Crippen LogP contribution is -2.15. The fourth-order valence-corrected chi connectivity index (χ4v) is 2.99. The molecule has 23 heavy (non-hydrogen) atoms. The molecule has 118 valence electrons. The summed E-state index contributed by atoms with van der Waals surface area (Å²) in [4.78, 5) is 3.47. The monoisotopic (exact) mass is 336 g/mol. The van der Waals surface area contributed by atoms with Crippen LogP contribution in [0.3, 0.4) is 0 Å². The van der Waals surface area contributed by atoms with Crippen LogP contribution in [0.2, 0.25) is 0 Å². The largest absolute Gasteiger partial charge is 0.276 e. The molecule has 3 rings (SSSR count). The van der Waals surface area contributed by atoms with Crippen molar-refractivity contribution in [2.75, 3.05) is 4.72 Å². The highest BCUT2D eigenvalue weighted by atomic mass is 32.2. The molecule has 0 unspecified atom stereocenters. The smallest absolute Gasteiger partial charge is 0.262 e. The molecule has 2 aromatic heterocycles. The molecule has 0 bridgehead atoms. The average Bonchev–Trinajstić information content (AvgIpc) is 3.04. The van der Waals surface area contributed by atoms with E-state index in [1.54, 1.807) is 18.3 Å². The summed E-state index contributed by atoms with van der Waals surface area (Å²) in [5, 5.41) is 4.02. The van der Waals surface area contributed by atoms with Crippen LogP contribution in [0.25, 0.3) is 5.69 Å². The maximum absolute atomic E-state index is 13.3. The van der Waals surface area contributed by atoms with Crippen LogP contribution in [0.4, 0.5) is 14.5 Å². The Hall–Kier alpha value is -2.81. The van der Waals surface area contributed by atoms with Gasteiger partial charge in [0.25, 0.3) is 10.0 Å². The van der Waals surface area contributed by atoms with Crippen LogP contribution in [0, 0.1) is 11.6 Å². The number of nitrogens with zero attached hydrogens (tertiary/aromatic N) is 3. The Bertz CT molecular complexity index is 943. The lowest BCUT2D eigenvalue weighted by Gasteiger charge is -2.12. The number of benzene rings is 1. The first-order chi connectivity index (χ1) is 11.0. The maximum Gasteiger partial charge on any atom is 0.262 e. The van der Waals surface area contributed by atoms with E-state index in [1.165, 1.54) is 23.3 Å². The number of halogens is 2. The highest BCUT2D eigenvalue weighted by Gasteiger charge is 2.18. The Morgan fingerprint density at radius 2 is 1.91 bits per heavy atom. The Kier molecular flexibility index (Phi) is 3.78. The van der Waals surface area contributed by atoms with Crippen molar-refractivity contribution in [1.29, 1.82) is 0 Å². The van der Waals surface area contributed by atoms with Gasteiger partial charge in [0.15, 0.2) is 11.6 Å². The van der Waals surface area contributed by atoms with E-state index < -0.39 is 26.6 Å². The molecule has 0 radical (unpaired) electrons. The first kappa shape index (κ1) is 15.1. The fourth-order valence-electron chi connectivity index (χ4n) is 1.92. The third-order valence-electron chi connectivity index (χ3n) is 2.99. The number of pyridine rings is 1. The first-order valence-electron chi connectivity index (χ1n) is 6.39. The number of hydrogen-bond donors (Lipinski definition) is 1. The van der Waals surface area contributed by atoms with Gasteiger partial charge in [0.05, 0.1) is 22.5 Å². The third-order valence-corrected chi connectivity index (χ3v) is 4.36. The molecule has 1 aromatic carbocycles. The van der Waals surface area contributed by atoms with Gasteiger partial charge in [0.1, 0.15) is 0 Å². The zero-order valence-electron chi connectivity index (χ0n) is 11.5. The quantitative estimate of drug-likeness (QED) is 0.793. The summed E-state index contributed by atoms with van der Waals surface area (Å²) in [6.07, 6.45) is 5.94. The molecule has 6 nitrogen and oxygen atoms in total. The Balaban J connectivity index is 2.00. The second-order valence-corrected chi connectivity index (χ2v) is 6.21. The number of hydrogen-bond acceptors (Lipinski definition) is 4. The summed E-state index contributed by atoms with van der Waals surface area (Å²) in [6.45, 7) is 0. The van der Waals surface area contributed by atoms with E-state index in [1.807, 2.05) is 0 Å². The van der Waals surface area contributed by atoms with Crippen LogP contribution >= 0.6 is 0 Å². The van der Waals surface area contributed by atoms with Gasteiger partial charge in [-0.1, -0.05) is 0 Å². The maximum atomic E-state index is 13.3. The fraction of sp³-hybridized carbons (Fsp3) is 0. The van der Waals surface area contributed by atoms with Crippen LogP contribution in [0.5, 0.6) is 0 Å². The molecule has 0 fully saturated rings. The summed E-state index contributed by atoms with van der Waals surface area (Å²) < 4.78 is 54.6. The van der Waals surface area contributed by atoms with Gasteiger partial charge >= 0.3 is 0 Å². The molecule has 0 saturated heterocycles. The number of nitrogens with one attached hydrogen (secondary N) is 1. The molecule has 2 heterocycles. The van der Waals surface area contributed by atoms with E-state index in [-0.39, 0.29) is 5.69 Å². The van der Waals surface area contributed by atoms with Crippen LogP contribution in [-0.2, 0) is 10.0 Å². The average molecular weight is 336 g/mol. The van der Waals surface area contributed by atoms with E-state index in [0.29, 0.717) is 11.8 Å². The van der Waals surface area contributed by atoms with Crippen LogP contribution in [0.1, 0.15) is 0 Å². The number of rotatable bonds is 4. The minimum Gasteiger partial charge on any atom is -0.276 e. The molecule has 0 saturated carbocycles. The summed E-state index contributed by atoms with van der Waals surface area (Å²) in [6, 6.07) is 5.58. The zero-order valence-corrected chi connectivity index (χ0v) is 12.3. The topological polar surface area (TPSA) is 76.9 Å². The number of anilines is 1. The van der Waals surface area contributed by atoms with Crippen molar-refractivity contribution in [3.05, 3.63) is 66.8 Å². The lowest BCUT2D eigenvalue weighted by atomic mass is 10.3. The Morgan fingerprint density at radius 1 is 1.09 bits per heavy atom.